The molecule has 1 aliphatic carbocycles. The van der Waals surface area contributed by atoms with E-state index in [1.807, 2.05) is 0 Å². The highest BCUT2D eigenvalue weighted by atomic mass is 32.2. The Morgan fingerprint density at radius 3 is 2.60 bits per heavy atom. The average molecular weight is 295 g/mol. The smallest absolute Gasteiger partial charge is 0.240 e. The molecule has 1 aromatic rings. The van der Waals surface area contributed by atoms with Gasteiger partial charge in [0.1, 0.15) is 0 Å². The van der Waals surface area contributed by atoms with E-state index in [4.69, 9.17) is 0 Å². The van der Waals surface area contributed by atoms with E-state index < -0.39 is 10.0 Å². The summed E-state index contributed by atoms with van der Waals surface area (Å²) >= 11 is 0. The van der Waals surface area contributed by atoms with E-state index in [9.17, 15) is 13.2 Å². The fourth-order valence-corrected chi connectivity index (χ4v) is 3.39. The van der Waals surface area contributed by atoms with Crippen LogP contribution in [0.15, 0.2) is 29.2 Å². The summed E-state index contributed by atoms with van der Waals surface area (Å²) in [5.41, 5.74) is 0.685. The second kappa shape index (κ2) is 5.30. The molecule has 4 nitrogen and oxygen atoms in total. The van der Waals surface area contributed by atoms with Crippen LogP contribution in [0.3, 0.4) is 0 Å². The molecular weight excluding hydrogens is 274 g/mol. The molecule has 1 aliphatic rings. The quantitative estimate of drug-likeness (QED) is 0.821. The van der Waals surface area contributed by atoms with Crippen molar-refractivity contribution in [3.8, 4) is 0 Å². The van der Waals surface area contributed by atoms with Crippen molar-refractivity contribution in [3.05, 3.63) is 29.8 Å². The lowest BCUT2D eigenvalue weighted by atomic mass is 10.1. The maximum Gasteiger partial charge on any atom is 0.240 e. The minimum Gasteiger partial charge on any atom is -0.294 e. The molecule has 5 heteroatoms. The van der Waals surface area contributed by atoms with Gasteiger partial charge in [0.15, 0.2) is 5.78 Å². The fourth-order valence-electron chi connectivity index (χ4n) is 2.26. The van der Waals surface area contributed by atoms with E-state index in [0.717, 1.165) is 6.42 Å². The van der Waals surface area contributed by atoms with Gasteiger partial charge in [0.05, 0.1) is 4.90 Å². The summed E-state index contributed by atoms with van der Waals surface area (Å²) in [4.78, 5) is 11.8. The van der Waals surface area contributed by atoms with Gasteiger partial charge in [-0.05, 0) is 29.9 Å². The zero-order valence-corrected chi connectivity index (χ0v) is 13.0. The maximum atomic E-state index is 12.2. The highest BCUT2D eigenvalue weighted by molar-refractivity contribution is 7.89. The first kappa shape index (κ1) is 15.2. The van der Waals surface area contributed by atoms with Crippen LogP contribution in [0.25, 0.3) is 0 Å². The van der Waals surface area contributed by atoms with Crippen molar-refractivity contribution in [1.29, 1.82) is 0 Å². The van der Waals surface area contributed by atoms with Gasteiger partial charge in [0, 0.05) is 18.5 Å². The highest BCUT2D eigenvalue weighted by Gasteiger charge is 2.45. The monoisotopic (exact) mass is 295 g/mol. The molecule has 0 radical (unpaired) electrons. The Labute approximate surface area is 120 Å². The molecule has 0 amide bonds. The molecule has 110 valence electrons. The predicted molar refractivity (Wildman–Crippen MR) is 78.1 cm³/mol. The molecule has 1 N–H and O–H groups in total. The Balaban J connectivity index is 2.11. The Hall–Kier alpha value is -1.20. The number of benzene rings is 1. The number of ketones is 1. The first-order valence-electron chi connectivity index (χ1n) is 6.89. The van der Waals surface area contributed by atoms with Gasteiger partial charge in [-0.15, -0.1) is 0 Å². The molecule has 1 saturated carbocycles. The number of rotatable bonds is 6. The molecule has 0 aliphatic heterocycles. The summed E-state index contributed by atoms with van der Waals surface area (Å²) in [7, 11) is -3.53. The van der Waals surface area contributed by atoms with Crippen molar-refractivity contribution < 1.29 is 13.2 Å². The Kier molecular flexibility index (Phi) is 4.02. The zero-order valence-electron chi connectivity index (χ0n) is 12.1. The lowest BCUT2D eigenvalue weighted by Gasteiger charge is -2.09. The van der Waals surface area contributed by atoms with Crippen molar-refractivity contribution in [2.24, 2.45) is 11.3 Å². The van der Waals surface area contributed by atoms with Gasteiger partial charge in [-0.3, -0.25) is 4.79 Å². The van der Waals surface area contributed by atoms with Gasteiger partial charge in [-0.2, -0.15) is 0 Å². The summed E-state index contributed by atoms with van der Waals surface area (Å²) in [5, 5.41) is 0. The van der Waals surface area contributed by atoms with Gasteiger partial charge in [0.25, 0.3) is 0 Å². The first-order chi connectivity index (χ1) is 9.26. The number of hydrogen-bond donors (Lipinski definition) is 1. The van der Waals surface area contributed by atoms with Gasteiger partial charge in [0.2, 0.25) is 10.0 Å². The summed E-state index contributed by atoms with van der Waals surface area (Å²) in [5.74, 6) is 0.350. The van der Waals surface area contributed by atoms with Gasteiger partial charge >= 0.3 is 0 Å². The second-order valence-corrected chi connectivity index (χ2v) is 7.81. The minimum absolute atomic E-state index is 0.0506. The summed E-state index contributed by atoms with van der Waals surface area (Å²) < 4.78 is 27.1. The minimum atomic E-state index is -3.53. The third kappa shape index (κ3) is 3.27. The molecule has 0 spiro atoms. The molecule has 20 heavy (non-hydrogen) atoms. The van der Waals surface area contributed by atoms with Crippen molar-refractivity contribution >= 4 is 15.8 Å². The van der Waals surface area contributed by atoms with Crippen LogP contribution in [0, 0.1) is 11.3 Å². The summed E-state index contributed by atoms with van der Waals surface area (Å²) in [6.45, 7) is 6.48. The molecule has 0 saturated heterocycles. The van der Waals surface area contributed by atoms with Crippen LogP contribution in [0.5, 0.6) is 0 Å². The lowest BCUT2D eigenvalue weighted by Crippen LogP contribution is -2.27. The number of carbonyl (C=O) groups is 1. The van der Waals surface area contributed by atoms with Crippen LogP contribution in [0.4, 0.5) is 0 Å². The first-order valence-corrected chi connectivity index (χ1v) is 8.37. The molecule has 1 unspecified atom stereocenters. The van der Waals surface area contributed by atoms with E-state index >= 15 is 0 Å². The Morgan fingerprint density at radius 1 is 1.40 bits per heavy atom. The van der Waals surface area contributed by atoms with Crippen LogP contribution >= 0.6 is 0 Å². The van der Waals surface area contributed by atoms with Crippen molar-refractivity contribution in [2.45, 2.75) is 38.5 Å². The number of hydrogen-bond acceptors (Lipinski definition) is 3. The fraction of sp³-hybridized carbons (Fsp3) is 0.533. The SMILES string of the molecule is CCC(=O)c1cccc(S(=O)(=O)NCC2CC2(C)C)c1. The topological polar surface area (TPSA) is 63.2 Å². The largest absolute Gasteiger partial charge is 0.294 e. The van der Waals surface area contributed by atoms with Gasteiger partial charge in [-0.25, -0.2) is 13.1 Å². The Morgan fingerprint density at radius 2 is 2.05 bits per heavy atom. The number of sulfonamides is 1. The predicted octanol–water partition coefficient (Wildman–Crippen LogP) is 2.60. The standard InChI is InChI=1S/C15H21NO3S/c1-4-14(17)11-6-5-7-13(8-11)20(18,19)16-10-12-9-15(12,2)3/h5-8,12,16H,4,9-10H2,1-3H3. The van der Waals surface area contributed by atoms with E-state index in [0.29, 0.717) is 24.4 Å². The van der Waals surface area contributed by atoms with Crippen LogP contribution < -0.4 is 4.72 Å². The number of carbonyl (C=O) groups excluding carboxylic acids is 1. The maximum absolute atomic E-state index is 12.2. The molecule has 2 rings (SSSR count). The zero-order chi connectivity index (χ0) is 15.0. The van der Waals surface area contributed by atoms with Crippen molar-refractivity contribution in [2.75, 3.05) is 6.54 Å². The second-order valence-electron chi connectivity index (χ2n) is 6.05. The van der Waals surface area contributed by atoms with Crippen LogP contribution in [-0.4, -0.2) is 20.7 Å². The van der Waals surface area contributed by atoms with Gasteiger partial charge in [-0.1, -0.05) is 32.9 Å². The average Bonchev–Trinajstić information content (AvgIpc) is 3.03. The summed E-state index contributed by atoms with van der Waals surface area (Å²) in [6.07, 6.45) is 1.41. The number of Topliss-reactive ketones (excluding diaryl/α,β-unsaturated/α-hetero) is 1. The van der Waals surface area contributed by atoms with Crippen LogP contribution in [-0.2, 0) is 10.0 Å². The third-order valence-electron chi connectivity index (χ3n) is 4.02. The molecule has 0 aromatic heterocycles. The van der Waals surface area contributed by atoms with Crippen molar-refractivity contribution in [1.82, 2.24) is 4.72 Å². The molecule has 1 aromatic carbocycles. The third-order valence-corrected chi connectivity index (χ3v) is 5.45. The van der Waals surface area contributed by atoms with E-state index in [2.05, 4.69) is 18.6 Å². The summed E-state index contributed by atoms with van der Waals surface area (Å²) in [6, 6.07) is 6.23. The molecule has 0 bridgehead atoms. The van der Waals surface area contributed by atoms with Crippen molar-refractivity contribution in [3.63, 3.8) is 0 Å². The van der Waals surface area contributed by atoms with Gasteiger partial charge < -0.3 is 0 Å². The van der Waals surface area contributed by atoms with Crippen LogP contribution in [0.2, 0.25) is 0 Å². The highest BCUT2D eigenvalue weighted by Crippen LogP contribution is 2.51. The Bertz CT molecular complexity index is 620. The molecular formula is C15H21NO3S. The normalized spacial score (nSPS) is 20.6. The number of nitrogens with one attached hydrogen (secondary N) is 1. The van der Waals surface area contributed by atoms with E-state index in [-0.39, 0.29) is 16.1 Å². The van der Waals surface area contributed by atoms with E-state index in [1.54, 1.807) is 19.1 Å². The van der Waals surface area contributed by atoms with E-state index in [1.165, 1.54) is 12.1 Å². The molecule has 0 heterocycles. The van der Waals surface area contributed by atoms with Crippen LogP contribution in [0.1, 0.15) is 44.0 Å². The molecule has 1 fully saturated rings. The lowest BCUT2D eigenvalue weighted by molar-refractivity contribution is 0.0988. The molecule has 1 atom stereocenters.